The van der Waals surface area contributed by atoms with Gasteiger partial charge in [-0.3, -0.25) is 4.57 Å². The first-order valence-corrected chi connectivity index (χ1v) is 13.6. The first kappa shape index (κ1) is 26.9. The lowest BCUT2D eigenvalue weighted by molar-refractivity contribution is 0.246. The van der Waals surface area contributed by atoms with E-state index in [0.29, 0.717) is 58.8 Å². The third kappa shape index (κ3) is 5.53. The van der Waals surface area contributed by atoms with Crippen molar-refractivity contribution in [1.82, 2.24) is 24.8 Å². The third-order valence-electron chi connectivity index (χ3n) is 6.93. The van der Waals surface area contributed by atoms with Crippen LogP contribution in [0, 0.1) is 11.6 Å². The molecule has 6 rings (SSSR count). The van der Waals surface area contributed by atoms with Gasteiger partial charge in [0.05, 0.1) is 10.7 Å². The van der Waals surface area contributed by atoms with E-state index in [1.807, 2.05) is 41.0 Å². The first-order chi connectivity index (χ1) is 19.9. The van der Waals surface area contributed by atoms with Gasteiger partial charge in [-0.1, -0.05) is 35.3 Å². The molecule has 1 saturated heterocycles. The molecule has 2 aromatic heterocycles. The summed E-state index contributed by atoms with van der Waals surface area (Å²) in [5.74, 6) is -0.253. The van der Waals surface area contributed by atoms with E-state index in [9.17, 15) is 13.6 Å². The van der Waals surface area contributed by atoms with E-state index >= 15 is 0 Å². The van der Waals surface area contributed by atoms with Crippen LogP contribution in [0.3, 0.4) is 0 Å². The lowest BCUT2D eigenvalue weighted by Gasteiger charge is -2.33. The zero-order valence-electron chi connectivity index (χ0n) is 21.5. The van der Waals surface area contributed by atoms with Crippen molar-refractivity contribution in [2.45, 2.75) is 18.9 Å². The Morgan fingerprint density at radius 1 is 0.951 bits per heavy atom. The van der Waals surface area contributed by atoms with E-state index in [4.69, 9.17) is 28.2 Å². The van der Waals surface area contributed by atoms with Gasteiger partial charge in [0.2, 0.25) is 0 Å². The summed E-state index contributed by atoms with van der Waals surface area (Å²) in [6.07, 6.45) is 2.76. The van der Waals surface area contributed by atoms with Crippen molar-refractivity contribution in [3.05, 3.63) is 94.7 Å². The molecular formula is C29H23Cl2F2N7O. The monoisotopic (exact) mass is 593 g/mol. The molecule has 3 aromatic carbocycles. The summed E-state index contributed by atoms with van der Waals surface area (Å²) in [5.41, 5.74) is 2.72. The van der Waals surface area contributed by atoms with Gasteiger partial charge in [0.15, 0.2) is 17.0 Å². The van der Waals surface area contributed by atoms with Gasteiger partial charge in [-0.05, 0) is 61.4 Å². The molecule has 0 atom stereocenters. The number of halogens is 4. The summed E-state index contributed by atoms with van der Waals surface area (Å²) in [6, 6.07) is 17.2. The number of hydrogen-bond acceptors (Lipinski definition) is 5. The van der Waals surface area contributed by atoms with Crippen LogP contribution < -0.4 is 15.5 Å². The fourth-order valence-corrected chi connectivity index (χ4v) is 5.29. The smallest absolute Gasteiger partial charge is 0.319 e. The summed E-state index contributed by atoms with van der Waals surface area (Å²) in [5, 5.41) is 6.48. The maximum absolute atomic E-state index is 13.9. The number of aromatic nitrogens is 4. The van der Waals surface area contributed by atoms with Gasteiger partial charge in [-0.2, -0.15) is 0 Å². The minimum absolute atomic E-state index is 0.0877. The summed E-state index contributed by atoms with van der Waals surface area (Å²) in [6.45, 7) is 1.19. The minimum atomic E-state index is -0.836. The molecule has 2 N–H and O–H groups in total. The molecule has 0 unspecified atom stereocenters. The van der Waals surface area contributed by atoms with E-state index in [0.717, 1.165) is 23.4 Å². The normalized spacial score (nSPS) is 13.9. The number of piperidine rings is 1. The van der Waals surface area contributed by atoms with E-state index in [-0.39, 0.29) is 11.7 Å². The predicted molar refractivity (Wildman–Crippen MR) is 156 cm³/mol. The molecule has 8 nitrogen and oxygen atoms in total. The molecule has 41 heavy (non-hydrogen) atoms. The number of imidazole rings is 1. The van der Waals surface area contributed by atoms with Crippen molar-refractivity contribution < 1.29 is 13.6 Å². The Balaban J connectivity index is 1.25. The van der Waals surface area contributed by atoms with Crippen LogP contribution in [-0.4, -0.2) is 44.7 Å². The number of carbonyl (C=O) groups is 1. The average Bonchev–Trinajstić information content (AvgIpc) is 3.35. The Bertz CT molecular complexity index is 1740. The van der Waals surface area contributed by atoms with Crippen LogP contribution in [0.4, 0.5) is 25.1 Å². The number of benzene rings is 3. The third-order valence-corrected chi connectivity index (χ3v) is 7.52. The van der Waals surface area contributed by atoms with E-state index in [2.05, 4.69) is 25.5 Å². The number of amides is 2. The Kier molecular flexibility index (Phi) is 7.42. The number of nitrogens with one attached hydrogen (secondary N) is 2. The highest BCUT2D eigenvalue weighted by Gasteiger charge is 2.26. The molecule has 208 valence electrons. The molecule has 2 amide bonds. The highest BCUT2D eigenvalue weighted by atomic mass is 35.5. The van der Waals surface area contributed by atoms with Crippen LogP contribution in [0.25, 0.3) is 28.2 Å². The Morgan fingerprint density at radius 3 is 2.44 bits per heavy atom. The fourth-order valence-electron chi connectivity index (χ4n) is 4.94. The van der Waals surface area contributed by atoms with Crippen molar-refractivity contribution in [2.24, 2.45) is 0 Å². The van der Waals surface area contributed by atoms with Crippen LogP contribution in [0.15, 0.2) is 73.1 Å². The lowest BCUT2D eigenvalue weighted by Crippen LogP contribution is -2.46. The van der Waals surface area contributed by atoms with E-state index < -0.39 is 17.7 Å². The van der Waals surface area contributed by atoms with Crippen LogP contribution in [0.5, 0.6) is 0 Å². The van der Waals surface area contributed by atoms with Gasteiger partial charge in [0.1, 0.15) is 23.8 Å². The van der Waals surface area contributed by atoms with Crippen molar-refractivity contribution in [3.8, 4) is 17.1 Å². The van der Waals surface area contributed by atoms with Gasteiger partial charge in [-0.25, -0.2) is 28.5 Å². The molecule has 5 aromatic rings. The molecule has 1 aliphatic rings. The predicted octanol–water partition coefficient (Wildman–Crippen LogP) is 6.86. The van der Waals surface area contributed by atoms with Gasteiger partial charge >= 0.3 is 6.03 Å². The molecule has 1 aliphatic heterocycles. The minimum Gasteiger partial charge on any atom is -0.355 e. The maximum Gasteiger partial charge on any atom is 0.319 e. The summed E-state index contributed by atoms with van der Waals surface area (Å²) in [4.78, 5) is 28.7. The molecule has 0 bridgehead atoms. The molecule has 12 heteroatoms. The quantitative estimate of drug-likeness (QED) is 0.232. The van der Waals surface area contributed by atoms with Gasteiger partial charge < -0.3 is 15.5 Å². The SMILES string of the molecule is O=C(Nc1ccc(F)cc1F)NC1CCN(c2ncnc3c2nc(-c2ccccc2Cl)n3-c2ccc(Cl)cc2)CC1. The second kappa shape index (κ2) is 11.3. The molecule has 1 fully saturated rings. The zero-order valence-corrected chi connectivity index (χ0v) is 23.0. The van der Waals surface area contributed by atoms with Crippen molar-refractivity contribution in [2.75, 3.05) is 23.3 Å². The molecule has 0 saturated carbocycles. The second-order valence-electron chi connectivity index (χ2n) is 9.58. The summed E-state index contributed by atoms with van der Waals surface area (Å²) in [7, 11) is 0. The number of urea groups is 1. The van der Waals surface area contributed by atoms with Gasteiger partial charge in [-0.15, -0.1) is 0 Å². The van der Waals surface area contributed by atoms with E-state index in [1.54, 1.807) is 12.1 Å². The molecule has 0 spiro atoms. The molecule has 0 radical (unpaired) electrons. The molecular weight excluding hydrogens is 571 g/mol. The van der Waals surface area contributed by atoms with Gasteiger partial charge in [0.25, 0.3) is 0 Å². The van der Waals surface area contributed by atoms with E-state index in [1.165, 1.54) is 12.4 Å². The van der Waals surface area contributed by atoms with Crippen LogP contribution in [0.2, 0.25) is 10.0 Å². The Labute approximate surface area is 244 Å². The zero-order chi connectivity index (χ0) is 28.5. The summed E-state index contributed by atoms with van der Waals surface area (Å²) >= 11 is 12.7. The number of nitrogens with zero attached hydrogens (tertiary/aromatic N) is 5. The first-order valence-electron chi connectivity index (χ1n) is 12.9. The number of rotatable bonds is 5. The summed E-state index contributed by atoms with van der Waals surface area (Å²) < 4.78 is 29.0. The van der Waals surface area contributed by atoms with Gasteiger partial charge in [0, 0.05) is 41.5 Å². The second-order valence-corrected chi connectivity index (χ2v) is 10.4. The highest BCUT2D eigenvalue weighted by molar-refractivity contribution is 6.33. The van der Waals surface area contributed by atoms with Crippen LogP contribution in [0.1, 0.15) is 12.8 Å². The largest absolute Gasteiger partial charge is 0.355 e. The Morgan fingerprint density at radius 2 is 1.71 bits per heavy atom. The van der Waals surface area contributed by atoms with Crippen molar-refractivity contribution in [3.63, 3.8) is 0 Å². The highest BCUT2D eigenvalue weighted by Crippen LogP contribution is 2.35. The molecule has 0 aliphatic carbocycles. The fraction of sp³-hybridized carbons (Fsp3) is 0.172. The number of fused-ring (bicyclic) bond motifs is 1. The standard InChI is InChI=1S/C29H23Cl2F2N7O/c30-17-5-8-20(9-6-17)40-26(21-3-1-2-4-22(21)31)38-25-27(34-16-35-28(25)40)39-13-11-19(12-14-39)36-29(41)37-24-10-7-18(32)15-23(24)33/h1-10,15-16,19H,11-14H2,(H2,36,37,41). The number of anilines is 2. The Hall–Kier alpha value is -4.28. The van der Waals surface area contributed by atoms with Crippen molar-refractivity contribution in [1.29, 1.82) is 0 Å². The lowest BCUT2D eigenvalue weighted by atomic mass is 10.1. The van der Waals surface area contributed by atoms with Crippen LogP contribution >= 0.6 is 23.2 Å². The van der Waals surface area contributed by atoms with Crippen molar-refractivity contribution >= 4 is 51.9 Å². The molecule has 3 heterocycles. The maximum atomic E-state index is 13.9. The number of carbonyl (C=O) groups excluding carboxylic acids is 1. The topological polar surface area (TPSA) is 88.0 Å². The number of hydrogen-bond donors (Lipinski definition) is 2. The average molecular weight is 594 g/mol. The van der Waals surface area contributed by atoms with Crippen LogP contribution in [-0.2, 0) is 0 Å².